The quantitative estimate of drug-likeness (QED) is 0.0261. The molecule has 0 aromatic rings. The van der Waals surface area contributed by atoms with Crippen LogP contribution in [0.5, 0.6) is 0 Å². The van der Waals surface area contributed by atoms with E-state index in [0.717, 1.165) is 70.6 Å². The highest BCUT2D eigenvalue weighted by molar-refractivity contribution is 5.71. The maximum Gasteiger partial charge on any atom is 0.306 e. The molecule has 0 saturated heterocycles. The smallest absolute Gasteiger partial charge is 0.306 e. The van der Waals surface area contributed by atoms with Crippen molar-refractivity contribution in [3.05, 3.63) is 36.5 Å². The summed E-state index contributed by atoms with van der Waals surface area (Å²) in [7, 11) is 0. The lowest BCUT2D eigenvalue weighted by Crippen LogP contribution is -2.30. The molecule has 0 fully saturated rings. The average Bonchev–Trinajstić information content (AvgIpc) is 3.47. The van der Waals surface area contributed by atoms with Gasteiger partial charge in [-0.15, -0.1) is 0 Å². The van der Waals surface area contributed by atoms with Crippen LogP contribution in [0.1, 0.15) is 406 Å². The molecule has 6 nitrogen and oxygen atoms in total. The number of allylic oxidation sites excluding steroid dienone is 6. The third kappa shape index (κ3) is 68.3. The molecule has 0 radical (unpaired) electrons. The Kier molecular flexibility index (Phi) is 68.1. The molecule has 0 aromatic heterocycles. The number of ether oxygens (including phenoxy) is 3. The van der Waals surface area contributed by atoms with E-state index in [2.05, 4.69) is 57.2 Å². The minimum Gasteiger partial charge on any atom is -0.462 e. The average molecular weight is 1140 g/mol. The SMILES string of the molecule is CCCCCCCC/C=C\CCCCCCCC(=O)OCC(COC(=O)CCCCCCCCCCCCCCCCCCCCCCC/C=C\CCCCCCCCCC)OC(=O)CCCCCCC/C=C\CCCCCCCC. The van der Waals surface area contributed by atoms with E-state index in [1.165, 1.54) is 295 Å². The predicted molar refractivity (Wildman–Crippen MR) is 353 cm³/mol. The van der Waals surface area contributed by atoms with Crippen molar-refractivity contribution in [1.29, 1.82) is 0 Å². The van der Waals surface area contributed by atoms with Crippen molar-refractivity contribution in [1.82, 2.24) is 0 Å². The predicted octanol–water partition coefficient (Wildman–Crippen LogP) is 25.1. The van der Waals surface area contributed by atoms with Gasteiger partial charge in [-0.1, -0.05) is 327 Å². The first-order valence-electron chi connectivity index (χ1n) is 36.5. The molecule has 0 amide bonds. The number of carbonyl (C=O) groups excluding carboxylic acids is 3. The van der Waals surface area contributed by atoms with Crippen LogP contribution in [-0.4, -0.2) is 37.2 Å². The molecular weight excluding hydrogens is 997 g/mol. The van der Waals surface area contributed by atoms with E-state index in [-0.39, 0.29) is 31.1 Å². The largest absolute Gasteiger partial charge is 0.462 e. The summed E-state index contributed by atoms with van der Waals surface area (Å²) >= 11 is 0. The summed E-state index contributed by atoms with van der Waals surface area (Å²) in [5, 5.41) is 0. The molecule has 1 unspecified atom stereocenters. The number of rotatable bonds is 68. The Labute approximate surface area is 506 Å². The topological polar surface area (TPSA) is 78.9 Å². The van der Waals surface area contributed by atoms with Crippen molar-refractivity contribution in [3.8, 4) is 0 Å². The highest BCUT2D eigenvalue weighted by Gasteiger charge is 2.19. The van der Waals surface area contributed by atoms with Crippen molar-refractivity contribution in [2.75, 3.05) is 13.2 Å². The summed E-state index contributed by atoms with van der Waals surface area (Å²) in [6.45, 7) is 6.68. The zero-order valence-corrected chi connectivity index (χ0v) is 54.8. The summed E-state index contributed by atoms with van der Waals surface area (Å²) in [4.78, 5) is 38.4. The van der Waals surface area contributed by atoms with Crippen LogP contribution in [0.4, 0.5) is 0 Å². The van der Waals surface area contributed by atoms with Gasteiger partial charge in [0.05, 0.1) is 0 Å². The molecule has 1 atom stereocenters. The molecule has 6 heteroatoms. The lowest BCUT2D eigenvalue weighted by molar-refractivity contribution is -0.167. The maximum atomic E-state index is 12.9. The Morgan fingerprint density at radius 3 is 0.617 bits per heavy atom. The number of unbranched alkanes of at least 4 members (excludes halogenated alkanes) is 51. The van der Waals surface area contributed by atoms with Crippen LogP contribution in [-0.2, 0) is 28.6 Å². The Hall–Kier alpha value is -2.37. The third-order valence-electron chi connectivity index (χ3n) is 16.6. The molecule has 0 aliphatic heterocycles. The molecule has 0 aliphatic rings. The number of carbonyl (C=O) groups is 3. The molecule has 0 bridgehead atoms. The standard InChI is InChI=1S/C75H140O6/c1-4-7-10-13-16-19-22-25-28-29-30-31-32-33-34-35-36-37-38-39-40-41-42-43-44-45-48-50-53-56-59-62-65-68-74(77)80-71-72(81-75(78)69-66-63-60-57-54-51-47-27-24-21-18-15-12-9-6-3)70-79-73(76)67-64-61-58-55-52-49-46-26-23-20-17-14-11-8-5-2/h26-27,29-30,46-47,72H,4-25,28,31-45,48-71H2,1-3H3/b30-29-,46-26-,47-27-. The Bertz CT molecular complexity index is 1350. The first-order chi connectivity index (χ1) is 40.0. The molecule has 0 N–H and O–H groups in total. The van der Waals surface area contributed by atoms with Crippen LogP contribution in [0.2, 0.25) is 0 Å². The summed E-state index contributed by atoms with van der Waals surface area (Å²) in [6, 6.07) is 0. The summed E-state index contributed by atoms with van der Waals surface area (Å²) < 4.78 is 17.0. The molecule has 81 heavy (non-hydrogen) atoms. The first-order valence-corrected chi connectivity index (χ1v) is 36.5. The van der Waals surface area contributed by atoms with Gasteiger partial charge in [-0.05, 0) is 96.3 Å². The number of hydrogen-bond acceptors (Lipinski definition) is 6. The fraction of sp³-hybridized carbons (Fsp3) is 0.880. The number of esters is 3. The second kappa shape index (κ2) is 70.1. The molecule has 0 heterocycles. The maximum absolute atomic E-state index is 12.9. The van der Waals surface area contributed by atoms with Gasteiger partial charge in [0.25, 0.3) is 0 Å². The van der Waals surface area contributed by atoms with Gasteiger partial charge < -0.3 is 14.2 Å². The number of hydrogen-bond donors (Lipinski definition) is 0. The van der Waals surface area contributed by atoms with Crippen molar-refractivity contribution in [3.63, 3.8) is 0 Å². The molecule has 476 valence electrons. The van der Waals surface area contributed by atoms with Gasteiger partial charge in [-0.3, -0.25) is 14.4 Å². The van der Waals surface area contributed by atoms with Gasteiger partial charge in [0.1, 0.15) is 13.2 Å². The summed E-state index contributed by atoms with van der Waals surface area (Å²) in [5.41, 5.74) is 0. The van der Waals surface area contributed by atoms with Gasteiger partial charge >= 0.3 is 17.9 Å². The van der Waals surface area contributed by atoms with E-state index in [1.807, 2.05) is 0 Å². The Balaban J connectivity index is 4.11. The summed E-state index contributed by atoms with van der Waals surface area (Å²) in [5.74, 6) is -0.864. The zero-order valence-electron chi connectivity index (χ0n) is 54.8. The van der Waals surface area contributed by atoms with Gasteiger partial charge in [0.2, 0.25) is 0 Å². The Morgan fingerprint density at radius 2 is 0.407 bits per heavy atom. The fourth-order valence-corrected chi connectivity index (χ4v) is 11.1. The van der Waals surface area contributed by atoms with Crippen molar-refractivity contribution in [2.24, 2.45) is 0 Å². The highest BCUT2D eigenvalue weighted by Crippen LogP contribution is 2.18. The van der Waals surface area contributed by atoms with Crippen LogP contribution < -0.4 is 0 Å². The van der Waals surface area contributed by atoms with Crippen LogP contribution in [0.25, 0.3) is 0 Å². The van der Waals surface area contributed by atoms with Crippen LogP contribution in [0, 0.1) is 0 Å². The second-order valence-corrected chi connectivity index (χ2v) is 24.8. The highest BCUT2D eigenvalue weighted by atomic mass is 16.6. The van der Waals surface area contributed by atoms with Crippen LogP contribution in [0.15, 0.2) is 36.5 Å². The van der Waals surface area contributed by atoms with Crippen LogP contribution >= 0.6 is 0 Å². The first kappa shape index (κ1) is 78.6. The van der Waals surface area contributed by atoms with E-state index in [1.54, 1.807) is 0 Å². The van der Waals surface area contributed by atoms with Gasteiger partial charge in [-0.2, -0.15) is 0 Å². The fourth-order valence-electron chi connectivity index (χ4n) is 11.1. The normalized spacial score (nSPS) is 12.2. The molecule has 0 spiro atoms. The second-order valence-electron chi connectivity index (χ2n) is 24.8. The van der Waals surface area contributed by atoms with E-state index in [0.29, 0.717) is 19.3 Å². The zero-order chi connectivity index (χ0) is 58.5. The van der Waals surface area contributed by atoms with Crippen molar-refractivity contribution in [2.45, 2.75) is 412 Å². The van der Waals surface area contributed by atoms with Crippen molar-refractivity contribution < 1.29 is 28.6 Å². The van der Waals surface area contributed by atoms with E-state index < -0.39 is 6.10 Å². The van der Waals surface area contributed by atoms with E-state index in [4.69, 9.17) is 14.2 Å². The van der Waals surface area contributed by atoms with Crippen molar-refractivity contribution >= 4 is 17.9 Å². The third-order valence-corrected chi connectivity index (χ3v) is 16.6. The molecule has 0 aromatic carbocycles. The molecular formula is C75H140O6. The minimum atomic E-state index is -0.778. The lowest BCUT2D eigenvalue weighted by Gasteiger charge is -2.18. The van der Waals surface area contributed by atoms with Gasteiger partial charge in [0.15, 0.2) is 6.10 Å². The van der Waals surface area contributed by atoms with Crippen LogP contribution in [0.3, 0.4) is 0 Å². The lowest BCUT2D eigenvalue weighted by atomic mass is 10.0. The van der Waals surface area contributed by atoms with E-state index in [9.17, 15) is 14.4 Å². The van der Waals surface area contributed by atoms with E-state index >= 15 is 0 Å². The molecule has 0 saturated carbocycles. The molecule has 0 aliphatic carbocycles. The Morgan fingerprint density at radius 1 is 0.235 bits per heavy atom. The minimum absolute atomic E-state index is 0.0735. The van der Waals surface area contributed by atoms with Gasteiger partial charge in [-0.25, -0.2) is 0 Å². The molecule has 0 rings (SSSR count). The van der Waals surface area contributed by atoms with Gasteiger partial charge in [0, 0.05) is 19.3 Å². The monoisotopic (exact) mass is 1140 g/mol. The summed E-state index contributed by atoms with van der Waals surface area (Å²) in [6.07, 6.45) is 87.7.